The molecule has 61 heavy (non-hydrogen) atoms. The molecule has 11 heteroatoms. The minimum absolute atomic E-state index is 0.0250. The summed E-state index contributed by atoms with van der Waals surface area (Å²) in [5.41, 5.74) is 4.39. The van der Waals surface area contributed by atoms with Crippen molar-refractivity contribution in [3.63, 3.8) is 0 Å². The summed E-state index contributed by atoms with van der Waals surface area (Å²) < 4.78 is 18.7. The lowest BCUT2D eigenvalue weighted by atomic mass is 9.82. The molecule has 0 unspecified atom stereocenters. The average molecular weight is 842 g/mol. The average Bonchev–Trinajstić information content (AvgIpc) is 3.68. The van der Waals surface area contributed by atoms with E-state index >= 15 is 4.79 Å². The predicted octanol–water partition coefficient (Wildman–Crippen LogP) is 8.42. The first-order chi connectivity index (χ1) is 29.3. The first-order valence-electron chi connectivity index (χ1n) is 21.3. The van der Waals surface area contributed by atoms with Gasteiger partial charge in [0.05, 0.1) is 45.7 Å². The lowest BCUT2D eigenvalue weighted by Gasteiger charge is -2.37. The minimum atomic E-state index is -2.60. The van der Waals surface area contributed by atoms with E-state index in [-0.39, 0.29) is 55.4 Å². The highest BCUT2D eigenvalue weighted by Gasteiger charge is 2.66. The Balaban J connectivity index is 1.35. The van der Waals surface area contributed by atoms with Crippen molar-refractivity contribution in [2.24, 2.45) is 5.92 Å². The van der Waals surface area contributed by atoms with Crippen molar-refractivity contribution in [1.82, 2.24) is 4.90 Å². The fourth-order valence-corrected chi connectivity index (χ4v) is 13.7. The second-order valence-electron chi connectivity index (χ2n) is 17.4. The number of amides is 3. The van der Waals surface area contributed by atoms with Crippen molar-refractivity contribution in [1.29, 1.82) is 0 Å². The zero-order valence-electron chi connectivity index (χ0n) is 36.5. The van der Waals surface area contributed by atoms with Crippen molar-refractivity contribution in [2.45, 2.75) is 83.8 Å². The Morgan fingerprint density at radius 3 is 2.38 bits per heavy atom. The SMILES string of the molecule is COc1ccc([Si](C)(C)[C@H]2[C@H](CC(=O)N(CCO)Cc3ccccc3)O[C@@]3(C(=O)N(C/C=C(\C)CCC=C(C)C)c4ccc(N5C(=O)COc6ccccc65)cc43)[C@@H]2C)cc1. The first kappa shape index (κ1) is 43.6. The van der Waals surface area contributed by atoms with E-state index in [1.165, 1.54) is 11.1 Å². The highest BCUT2D eigenvalue weighted by atomic mass is 28.3. The molecule has 1 saturated heterocycles. The molecule has 4 aromatic rings. The van der Waals surface area contributed by atoms with Crippen LogP contribution in [0.2, 0.25) is 18.6 Å². The van der Waals surface area contributed by atoms with Crippen LogP contribution in [0.3, 0.4) is 0 Å². The molecule has 4 atom stereocenters. The van der Waals surface area contributed by atoms with Crippen LogP contribution in [-0.2, 0) is 31.3 Å². The van der Waals surface area contributed by atoms with Crippen molar-refractivity contribution in [3.8, 4) is 11.5 Å². The Morgan fingerprint density at radius 1 is 0.951 bits per heavy atom. The van der Waals surface area contributed by atoms with Gasteiger partial charge in [0.1, 0.15) is 11.5 Å². The van der Waals surface area contributed by atoms with Gasteiger partial charge in [-0.2, -0.15) is 0 Å². The topological polar surface area (TPSA) is 109 Å². The number of anilines is 3. The maximum atomic E-state index is 15.6. The van der Waals surface area contributed by atoms with Gasteiger partial charge in [-0.15, -0.1) is 0 Å². The number of aliphatic hydroxyl groups excluding tert-OH is 1. The Kier molecular flexibility index (Phi) is 13.0. The number of allylic oxidation sites excluding steroid dienone is 3. The van der Waals surface area contributed by atoms with Crippen molar-refractivity contribution >= 4 is 48.0 Å². The highest BCUT2D eigenvalue weighted by molar-refractivity contribution is 6.91. The number of rotatable bonds is 15. The number of methoxy groups -OCH3 is 1. The van der Waals surface area contributed by atoms with Crippen LogP contribution in [0, 0.1) is 5.92 Å². The lowest BCUT2D eigenvalue weighted by Crippen LogP contribution is -2.52. The molecule has 4 aromatic carbocycles. The van der Waals surface area contributed by atoms with Crippen LogP contribution in [0.15, 0.2) is 120 Å². The molecule has 1 spiro atoms. The van der Waals surface area contributed by atoms with E-state index in [1.807, 2.05) is 89.8 Å². The number of hydrogen-bond acceptors (Lipinski definition) is 7. The third-order valence-corrected chi connectivity index (χ3v) is 17.2. The van der Waals surface area contributed by atoms with E-state index in [0.29, 0.717) is 35.8 Å². The summed E-state index contributed by atoms with van der Waals surface area (Å²) in [4.78, 5) is 49.0. The van der Waals surface area contributed by atoms with Crippen LogP contribution in [0.4, 0.5) is 17.1 Å². The number of benzene rings is 4. The maximum absolute atomic E-state index is 15.6. The lowest BCUT2D eigenvalue weighted by molar-refractivity contribution is -0.149. The van der Waals surface area contributed by atoms with Crippen LogP contribution < -0.4 is 24.5 Å². The molecule has 10 nitrogen and oxygen atoms in total. The van der Waals surface area contributed by atoms with Gasteiger partial charge in [-0.1, -0.05) is 103 Å². The Morgan fingerprint density at radius 2 is 1.67 bits per heavy atom. The van der Waals surface area contributed by atoms with Gasteiger partial charge < -0.3 is 29.1 Å². The van der Waals surface area contributed by atoms with Gasteiger partial charge >= 0.3 is 0 Å². The number of nitrogens with zero attached hydrogens (tertiary/aromatic N) is 3. The maximum Gasteiger partial charge on any atom is 0.269 e. The molecule has 0 bridgehead atoms. The van der Waals surface area contributed by atoms with Crippen LogP contribution in [0.1, 0.15) is 58.1 Å². The summed E-state index contributed by atoms with van der Waals surface area (Å²) in [6, 6.07) is 31.1. The van der Waals surface area contributed by atoms with Crippen LogP contribution in [0.5, 0.6) is 11.5 Å². The number of para-hydroxylation sites is 2. The van der Waals surface area contributed by atoms with E-state index in [9.17, 15) is 14.7 Å². The molecule has 0 radical (unpaired) electrons. The van der Waals surface area contributed by atoms with Crippen molar-refractivity contribution < 1.29 is 33.7 Å². The van der Waals surface area contributed by atoms with E-state index in [4.69, 9.17) is 14.2 Å². The molecule has 0 saturated carbocycles. The van der Waals surface area contributed by atoms with Crippen LogP contribution >= 0.6 is 0 Å². The smallest absolute Gasteiger partial charge is 0.269 e. The molecule has 3 aliphatic rings. The van der Waals surface area contributed by atoms with Gasteiger partial charge in [-0.3, -0.25) is 19.3 Å². The van der Waals surface area contributed by atoms with Crippen LogP contribution in [-0.4, -0.2) is 75.3 Å². The first-order valence-corrected chi connectivity index (χ1v) is 24.4. The molecule has 1 N–H and O–H groups in total. The largest absolute Gasteiger partial charge is 0.497 e. The monoisotopic (exact) mass is 841 g/mol. The van der Waals surface area contributed by atoms with E-state index in [2.05, 4.69) is 65.1 Å². The minimum Gasteiger partial charge on any atom is -0.497 e. The molecule has 320 valence electrons. The summed E-state index contributed by atoms with van der Waals surface area (Å²) in [5, 5.41) is 11.3. The zero-order valence-corrected chi connectivity index (χ0v) is 37.5. The van der Waals surface area contributed by atoms with Gasteiger partial charge in [0.25, 0.3) is 11.8 Å². The molecule has 3 aliphatic heterocycles. The Hall–Kier alpha value is -5.49. The number of ether oxygens (including phenoxy) is 3. The highest BCUT2D eigenvalue weighted by Crippen LogP contribution is 2.60. The standard InChI is InChI=1S/C50H59N3O7Si/c1-34(2)14-13-15-35(3)26-27-52-42-25-20-38(53-43-18-11-12-19-44(43)59-33-47(53)56)30-41(42)50(49(52)57)36(4)48(61(6,7)40-23-21-39(58-5)22-24-40)45(60-50)31-46(55)51(28-29-54)32-37-16-9-8-10-17-37/h8-12,14,16-26,30,36,45,48,54H,13,15,27-29,31-33H2,1-7H3/b35-26+/t36-,45+,48-,50+/m1/s1. The van der Waals surface area contributed by atoms with Crippen molar-refractivity contribution in [2.75, 3.05) is 43.2 Å². The van der Waals surface area contributed by atoms with E-state index in [0.717, 1.165) is 35.0 Å². The third kappa shape index (κ3) is 8.56. The Bertz CT molecular complexity index is 2310. The van der Waals surface area contributed by atoms with Gasteiger partial charge in [-0.05, 0) is 87.2 Å². The fourth-order valence-electron chi connectivity index (χ4n) is 9.66. The predicted molar refractivity (Wildman–Crippen MR) is 243 cm³/mol. The molecule has 3 heterocycles. The molecular weight excluding hydrogens is 783 g/mol. The molecule has 0 aromatic heterocycles. The summed E-state index contributed by atoms with van der Waals surface area (Å²) in [7, 11) is -0.955. The van der Waals surface area contributed by atoms with E-state index < -0.39 is 19.8 Å². The fraction of sp³-hybridized carbons (Fsp3) is 0.380. The molecule has 0 aliphatic carbocycles. The van der Waals surface area contributed by atoms with Gasteiger partial charge in [0, 0.05) is 36.8 Å². The summed E-state index contributed by atoms with van der Waals surface area (Å²) in [6.45, 7) is 13.5. The summed E-state index contributed by atoms with van der Waals surface area (Å²) >= 11 is 0. The molecular formula is C50H59N3O7Si. The number of carbonyl (C=O) groups excluding carboxylic acids is 3. The number of aliphatic hydroxyl groups is 1. The normalized spacial score (nSPS) is 21.0. The van der Waals surface area contributed by atoms with Crippen LogP contribution in [0.25, 0.3) is 0 Å². The zero-order chi connectivity index (χ0) is 43.5. The molecule has 3 amide bonds. The molecule has 7 rings (SSSR count). The van der Waals surface area contributed by atoms with E-state index in [1.54, 1.807) is 16.9 Å². The second-order valence-corrected chi connectivity index (χ2v) is 22.0. The van der Waals surface area contributed by atoms with Crippen molar-refractivity contribution in [3.05, 3.63) is 131 Å². The molecule has 1 fully saturated rings. The number of fused-ring (bicyclic) bond motifs is 3. The van der Waals surface area contributed by atoms with Gasteiger partial charge in [0.2, 0.25) is 5.91 Å². The Labute approximate surface area is 361 Å². The quantitative estimate of drug-likeness (QED) is 0.0946. The third-order valence-electron chi connectivity index (χ3n) is 12.8. The summed E-state index contributed by atoms with van der Waals surface area (Å²) in [6.07, 6.45) is 5.52. The summed E-state index contributed by atoms with van der Waals surface area (Å²) in [5.74, 6) is 0.420. The number of hydrogen-bond donors (Lipinski definition) is 1. The van der Waals surface area contributed by atoms with Gasteiger partial charge in [-0.25, -0.2) is 0 Å². The number of carbonyl (C=O) groups is 3. The second kappa shape index (κ2) is 18.2. The van der Waals surface area contributed by atoms with Gasteiger partial charge in [0.15, 0.2) is 12.2 Å².